The number of hydrogen-bond acceptors (Lipinski definition) is 2. The molecule has 1 unspecified atom stereocenters. The second-order valence-corrected chi connectivity index (χ2v) is 5.91. The van der Waals surface area contributed by atoms with Crippen molar-refractivity contribution in [2.75, 3.05) is 7.05 Å². The topological polar surface area (TPSA) is 21.3 Å². The highest BCUT2D eigenvalue weighted by Gasteiger charge is 2.27. The number of rotatable bonds is 6. The fourth-order valence-corrected chi connectivity index (χ4v) is 3.49. The predicted molar refractivity (Wildman–Crippen MR) is 80.6 cm³/mol. The maximum atomic E-state index is 12.3. The normalized spacial score (nSPS) is 24.0. The number of ether oxygens (including phenoxy) is 1. The van der Waals surface area contributed by atoms with Gasteiger partial charge >= 0.3 is 6.61 Å². The van der Waals surface area contributed by atoms with Crippen molar-refractivity contribution in [2.24, 2.45) is 11.8 Å². The molecule has 1 aliphatic rings. The molecule has 0 radical (unpaired) electrons. The van der Waals surface area contributed by atoms with E-state index in [1.165, 1.54) is 32.1 Å². The van der Waals surface area contributed by atoms with Crippen LogP contribution in [0, 0.1) is 11.8 Å². The van der Waals surface area contributed by atoms with Crippen LogP contribution in [0.3, 0.4) is 0 Å². The van der Waals surface area contributed by atoms with Crippen LogP contribution in [0.1, 0.15) is 50.6 Å². The van der Waals surface area contributed by atoms with Gasteiger partial charge in [-0.2, -0.15) is 8.78 Å². The second-order valence-electron chi connectivity index (χ2n) is 5.91. The van der Waals surface area contributed by atoms with Gasteiger partial charge in [0.1, 0.15) is 5.75 Å². The van der Waals surface area contributed by atoms with Crippen LogP contribution in [-0.2, 0) is 0 Å². The van der Waals surface area contributed by atoms with Crippen LogP contribution in [0.15, 0.2) is 24.3 Å². The fraction of sp³-hybridized carbons (Fsp3) is 0.647. The molecule has 0 aliphatic heterocycles. The third kappa shape index (κ3) is 4.40. The van der Waals surface area contributed by atoms with Crippen LogP contribution >= 0.6 is 0 Å². The summed E-state index contributed by atoms with van der Waals surface area (Å²) < 4.78 is 29.2. The van der Waals surface area contributed by atoms with Gasteiger partial charge in [0.05, 0.1) is 0 Å². The summed E-state index contributed by atoms with van der Waals surface area (Å²) in [6.07, 6.45) is 6.20. The predicted octanol–water partition coefficient (Wildman–Crippen LogP) is 4.76. The van der Waals surface area contributed by atoms with Gasteiger partial charge < -0.3 is 10.1 Å². The van der Waals surface area contributed by atoms with Gasteiger partial charge in [-0.1, -0.05) is 38.3 Å². The molecule has 1 fully saturated rings. The maximum Gasteiger partial charge on any atom is 0.387 e. The lowest BCUT2D eigenvalue weighted by Crippen LogP contribution is -2.28. The molecule has 1 N–H and O–H groups in total. The molecule has 0 spiro atoms. The van der Waals surface area contributed by atoms with E-state index in [1.54, 1.807) is 18.2 Å². The summed E-state index contributed by atoms with van der Waals surface area (Å²) in [6, 6.07) is 7.31. The molecule has 1 atom stereocenters. The quantitative estimate of drug-likeness (QED) is 0.817. The van der Waals surface area contributed by atoms with Gasteiger partial charge in [-0.05, 0) is 49.4 Å². The monoisotopic (exact) mass is 297 g/mol. The van der Waals surface area contributed by atoms with Gasteiger partial charge in [0.15, 0.2) is 0 Å². The molecule has 1 aromatic carbocycles. The van der Waals surface area contributed by atoms with Gasteiger partial charge in [-0.25, -0.2) is 0 Å². The molecule has 2 rings (SSSR count). The molecule has 2 nitrogen and oxygen atoms in total. The second kappa shape index (κ2) is 7.74. The Bertz CT molecular complexity index is 431. The first-order valence-corrected chi connectivity index (χ1v) is 7.86. The van der Waals surface area contributed by atoms with Gasteiger partial charge in [0.25, 0.3) is 0 Å². The van der Waals surface area contributed by atoms with Crippen molar-refractivity contribution in [1.82, 2.24) is 5.32 Å². The van der Waals surface area contributed by atoms with Crippen molar-refractivity contribution in [1.29, 1.82) is 0 Å². The molecule has 1 aliphatic carbocycles. The van der Waals surface area contributed by atoms with Crippen molar-refractivity contribution in [3.8, 4) is 5.75 Å². The van der Waals surface area contributed by atoms with Crippen LogP contribution in [-0.4, -0.2) is 13.7 Å². The number of alkyl halides is 2. The highest BCUT2D eigenvalue weighted by molar-refractivity contribution is 5.31. The van der Waals surface area contributed by atoms with Crippen LogP contribution in [0.2, 0.25) is 0 Å². The summed E-state index contributed by atoms with van der Waals surface area (Å²) in [5.74, 6) is 1.66. The SMILES string of the molecule is CCC1CCC(C(NC)c2cccc(OC(F)F)c2)CC1. The average Bonchev–Trinajstić information content (AvgIpc) is 2.48. The first-order chi connectivity index (χ1) is 10.1. The van der Waals surface area contributed by atoms with Gasteiger partial charge in [0.2, 0.25) is 0 Å². The van der Waals surface area contributed by atoms with Crippen LogP contribution in [0.25, 0.3) is 0 Å². The summed E-state index contributed by atoms with van der Waals surface area (Å²) in [7, 11) is 1.94. The van der Waals surface area contributed by atoms with E-state index in [0.717, 1.165) is 11.5 Å². The Morgan fingerprint density at radius 1 is 1.24 bits per heavy atom. The summed E-state index contributed by atoms with van der Waals surface area (Å²) in [4.78, 5) is 0. The molecule has 118 valence electrons. The van der Waals surface area contributed by atoms with Crippen molar-refractivity contribution >= 4 is 0 Å². The summed E-state index contributed by atoms with van der Waals surface area (Å²) in [5, 5.41) is 3.36. The van der Waals surface area contributed by atoms with Gasteiger partial charge in [-0.3, -0.25) is 0 Å². The van der Waals surface area contributed by atoms with Crippen molar-refractivity contribution in [2.45, 2.75) is 51.7 Å². The van der Waals surface area contributed by atoms with Crippen LogP contribution in [0.5, 0.6) is 5.75 Å². The highest BCUT2D eigenvalue weighted by atomic mass is 19.3. The van der Waals surface area contributed by atoms with Crippen molar-refractivity contribution in [3.05, 3.63) is 29.8 Å². The standard InChI is InChI=1S/C17H25F2NO/c1-3-12-7-9-13(10-8-12)16(20-2)14-5-4-6-15(11-14)21-17(18)19/h4-6,11-13,16-17,20H,3,7-10H2,1-2H3. The minimum absolute atomic E-state index is 0.212. The lowest BCUT2D eigenvalue weighted by Gasteiger charge is -2.34. The molecular weight excluding hydrogens is 272 g/mol. The van der Waals surface area contributed by atoms with E-state index in [1.807, 2.05) is 13.1 Å². The van der Waals surface area contributed by atoms with E-state index in [9.17, 15) is 8.78 Å². The van der Waals surface area contributed by atoms with E-state index in [-0.39, 0.29) is 11.8 Å². The van der Waals surface area contributed by atoms with Crippen molar-refractivity contribution in [3.63, 3.8) is 0 Å². The Hall–Kier alpha value is -1.16. The smallest absolute Gasteiger partial charge is 0.387 e. The lowest BCUT2D eigenvalue weighted by atomic mass is 9.76. The molecule has 0 aromatic heterocycles. The fourth-order valence-electron chi connectivity index (χ4n) is 3.49. The zero-order chi connectivity index (χ0) is 15.2. The van der Waals surface area contributed by atoms with E-state index in [2.05, 4.69) is 17.0 Å². The van der Waals surface area contributed by atoms with Gasteiger partial charge in [0, 0.05) is 6.04 Å². The largest absolute Gasteiger partial charge is 0.435 e. The highest BCUT2D eigenvalue weighted by Crippen LogP contribution is 2.38. The Kier molecular flexibility index (Phi) is 5.97. The Balaban J connectivity index is 2.07. The molecule has 0 heterocycles. The lowest BCUT2D eigenvalue weighted by molar-refractivity contribution is -0.0499. The molecule has 4 heteroatoms. The maximum absolute atomic E-state index is 12.3. The number of benzene rings is 1. The van der Waals surface area contributed by atoms with E-state index in [0.29, 0.717) is 5.92 Å². The first-order valence-electron chi connectivity index (χ1n) is 7.86. The van der Waals surface area contributed by atoms with E-state index < -0.39 is 6.61 Å². The van der Waals surface area contributed by atoms with E-state index >= 15 is 0 Å². The third-order valence-electron chi connectivity index (χ3n) is 4.69. The Morgan fingerprint density at radius 2 is 1.95 bits per heavy atom. The summed E-state index contributed by atoms with van der Waals surface area (Å²) in [6.45, 7) is -0.514. The molecule has 1 saturated carbocycles. The molecule has 0 bridgehead atoms. The minimum Gasteiger partial charge on any atom is -0.435 e. The number of nitrogens with one attached hydrogen (secondary N) is 1. The van der Waals surface area contributed by atoms with Gasteiger partial charge in [-0.15, -0.1) is 0 Å². The van der Waals surface area contributed by atoms with Crippen LogP contribution in [0.4, 0.5) is 8.78 Å². The first kappa shape index (κ1) is 16.2. The minimum atomic E-state index is -2.77. The average molecular weight is 297 g/mol. The molecular formula is C17H25F2NO. The molecule has 1 aromatic rings. The number of halogens is 2. The summed E-state index contributed by atoms with van der Waals surface area (Å²) >= 11 is 0. The third-order valence-corrected chi connectivity index (χ3v) is 4.69. The molecule has 21 heavy (non-hydrogen) atoms. The van der Waals surface area contributed by atoms with Crippen LogP contribution < -0.4 is 10.1 Å². The Labute approximate surface area is 125 Å². The Morgan fingerprint density at radius 3 is 2.52 bits per heavy atom. The summed E-state index contributed by atoms with van der Waals surface area (Å²) in [5.41, 5.74) is 1.04. The number of hydrogen-bond donors (Lipinski definition) is 1. The zero-order valence-electron chi connectivity index (χ0n) is 12.8. The molecule has 0 saturated heterocycles. The zero-order valence-corrected chi connectivity index (χ0v) is 12.8. The van der Waals surface area contributed by atoms with Crippen molar-refractivity contribution < 1.29 is 13.5 Å². The molecule has 0 amide bonds. The van der Waals surface area contributed by atoms with E-state index in [4.69, 9.17) is 0 Å².